The number of ether oxygens (including phenoxy) is 1. The minimum absolute atomic E-state index is 0.133. The fourth-order valence-electron chi connectivity index (χ4n) is 2.30. The van der Waals surface area contributed by atoms with Gasteiger partial charge in [-0.15, -0.1) is 0 Å². The molecule has 1 aliphatic heterocycles. The van der Waals surface area contributed by atoms with Gasteiger partial charge in [0.15, 0.2) is 0 Å². The lowest BCUT2D eigenvalue weighted by Crippen LogP contribution is -2.40. The van der Waals surface area contributed by atoms with Gasteiger partial charge in [-0.25, -0.2) is 0 Å². The van der Waals surface area contributed by atoms with Crippen LogP contribution in [0.2, 0.25) is 0 Å². The van der Waals surface area contributed by atoms with Gasteiger partial charge in [-0.05, 0) is 25.8 Å². The molecule has 1 atom stereocenters. The second kappa shape index (κ2) is 6.06. The number of amides is 1. The first kappa shape index (κ1) is 15.2. The number of carbonyl (C=O) groups excluding carboxylic acids is 1. The van der Waals surface area contributed by atoms with E-state index in [2.05, 4.69) is 10.7 Å². The van der Waals surface area contributed by atoms with E-state index in [-0.39, 0.29) is 16.9 Å². The van der Waals surface area contributed by atoms with Crippen LogP contribution in [0.5, 0.6) is 0 Å². The molecule has 0 bridgehead atoms. The van der Waals surface area contributed by atoms with E-state index in [1.165, 1.54) is 18.2 Å². The Kier molecular flexibility index (Phi) is 4.39. The average molecular weight is 294 g/mol. The fourth-order valence-corrected chi connectivity index (χ4v) is 2.30. The minimum atomic E-state index is -0.557. The molecule has 1 heterocycles. The molecule has 0 aliphatic carbocycles. The maximum absolute atomic E-state index is 12.2. The minimum Gasteiger partial charge on any atom is -0.373 e. The molecule has 8 heteroatoms. The largest absolute Gasteiger partial charge is 0.373 e. The van der Waals surface area contributed by atoms with Crippen LogP contribution >= 0.6 is 0 Å². The Labute approximate surface area is 121 Å². The van der Waals surface area contributed by atoms with Crippen molar-refractivity contribution in [3.63, 3.8) is 0 Å². The summed E-state index contributed by atoms with van der Waals surface area (Å²) in [6.07, 6.45) is 1.82. The Morgan fingerprint density at radius 2 is 2.33 bits per heavy atom. The molecular weight excluding hydrogens is 276 g/mol. The Hall–Kier alpha value is -2.19. The molecule has 114 valence electrons. The Morgan fingerprint density at radius 3 is 2.90 bits per heavy atom. The number of nitrogens with zero attached hydrogens (tertiary/aromatic N) is 1. The molecule has 1 aliphatic rings. The molecule has 1 unspecified atom stereocenters. The number of hydrogen-bond donors (Lipinski definition) is 3. The van der Waals surface area contributed by atoms with Gasteiger partial charge in [-0.2, -0.15) is 0 Å². The van der Waals surface area contributed by atoms with Crippen molar-refractivity contribution >= 4 is 17.3 Å². The van der Waals surface area contributed by atoms with Gasteiger partial charge in [0, 0.05) is 25.3 Å². The molecule has 21 heavy (non-hydrogen) atoms. The van der Waals surface area contributed by atoms with Gasteiger partial charge in [-0.3, -0.25) is 20.8 Å². The Balaban J connectivity index is 2.13. The van der Waals surface area contributed by atoms with Crippen molar-refractivity contribution in [3.8, 4) is 0 Å². The predicted octanol–water partition coefficient (Wildman–Crippen LogP) is 1.18. The number of non-ortho nitro benzene ring substituents is 1. The summed E-state index contributed by atoms with van der Waals surface area (Å²) >= 11 is 0. The molecular formula is C13H18N4O4. The van der Waals surface area contributed by atoms with E-state index in [0.29, 0.717) is 18.8 Å². The zero-order chi connectivity index (χ0) is 15.5. The first-order chi connectivity index (χ1) is 9.95. The summed E-state index contributed by atoms with van der Waals surface area (Å²) in [6, 6.07) is 3.89. The first-order valence-electron chi connectivity index (χ1n) is 6.62. The van der Waals surface area contributed by atoms with Crippen LogP contribution in [0.4, 0.5) is 11.4 Å². The SMILES string of the molecule is CC1(CNC(=O)c2cc([N+](=O)[O-])ccc2NN)CCCO1. The zero-order valence-electron chi connectivity index (χ0n) is 11.7. The molecule has 0 spiro atoms. The summed E-state index contributed by atoms with van der Waals surface area (Å²) in [5, 5.41) is 13.5. The van der Waals surface area contributed by atoms with E-state index >= 15 is 0 Å². The maximum Gasteiger partial charge on any atom is 0.270 e. The third kappa shape index (κ3) is 3.47. The number of hydrogen-bond acceptors (Lipinski definition) is 6. The third-order valence-electron chi connectivity index (χ3n) is 3.54. The summed E-state index contributed by atoms with van der Waals surface area (Å²) in [7, 11) is 0. The average Bonchev–Trinajstić information content (AvgIpc) is 2.91. The number of benzene rings is 1. The summed E-state index contributed by atoms with van der Waals surface area (Å²) in [5.41, 5.74) is 2.28. The number of nitro groups is 1. The monoisotopic (exact) mass is 294 g/mol. The molecule has 1 saturated heterocycles. The number of nitrogen functional groups attached to an aromatic ring is 1. The number of nitrogens with two attached hydrogens (primary N) is 1. The highest BCUT2D eigenvalue weighted by atomic mass is 16.6. The molecule has 0 aromatic heterocycles. The fraction of sp³-hybridized carbons (Fsp3) is 0.462. The van der Waals surface area contributed by atoms with Crippen molar-refractivity contribution in [3.05, 3.63) is 33.9 Å². The lowest BCUT2D eigenvalue weighted by atomic mass is 10.0. The van der Waals surface area contributed by atoms with Gasteiger partial charge in [0.05, 0.1) is 21.8 Å². The van der Waals surface area contributed by atoms with Gasteiger partial charge >= 0.3 is 0 Å². The van der Waals surface area contributed by atoms with Crippen LogP contribution in [0.25, 0.3) is 0 Å². The quantitative estimate of drug-likeness (QED) is 0.426. The zero-order valence-corrected chi connectivity index (χ0v) is 11.7. The second-order valence-corrected chi connectivity index (χ2v) is 5.22. The predicted molar refractivity (Wildman–Crippen MR) is 76.8 cm³/mol. The van der Waals surface area contributed by atoms with Gasteiger partial charge in [0.1, 0.15) is 0 Å². The number of carbonyl (C=O) groups is 1. The van der Waals surface area contributed by atoms with Crippen molar-refractivity contribution in [2.45, 2.75) is 25.4 Å². The molecule has 1 fully saturated rings. The highest BCUT2D eigenvalue weighted by Crippen LogP contribution is 2.25. The molecule has 1 amide bonds. The third-order valence-corrected chi connectivity index (χ3v) is 3.54. The lowest BCUT2D eigenvalue weighted by Gasteiger charge is -2.23. The molecule has 8 nitrogen and oxygen atoms in total. The molecule has 2 rings (SSSR count). The summed E-state index contributed by atoms with van der Waals surface area (Å²) in [5.74, 6) is 4.91. The van der Waals surface area contributed by atoms with Crippen LogP contribution in [0.15, 0.2) is 18.2 Å². The van der Waals surface area contributed by atoms with Crippen molar-refractivity contribution in [2.75, 3.05) is 18.6 Å². The van der Waals surface area contributed by atoms with E-state index < -0.39 is 10.8 Å². The normalized spacial score (nSPS) is 21.0. The maximum atomic E-state index is 12.2. The molecule has 1 aromatic rings. The van der Waals surface area contributed by atoms with E-state index in [1.54, 1.807) is 0 Å². The van der Waals surface area contributed by atoms with Crippen LogP contribution in [-0.4, -0.2) is 29.6 Å². The summed E-state index contributed by atoms with van der Waals surface area (Å²) < 4.78 is 5.58. The summed E-state index contributed by atoms with van der Waals surface area (Å²) in [6.45, 7) is 2.95. The van der Waals surface area contributed by atoms with Crippen molar-refractivity contribution in [1.29, 1.82) is 0 Å². The molecule has 0 radical (unpaired) electrons. The second-order valence-electron chi connectivity index (χ2n) is 5.22. The topological polar surface area (TPSA) is 120 Å². The van der Waals surface area contributed by atoms with Crippen LogP contribution in [0, 0.1) is 10.1 Å². The van der Waals surface area contributed by atoms with Gasteiger partial charge in [0.2, 0.25) is 0 Å². The molecule has 4 N–H and O–H groups in total. The van der Waals surface area contributed by atoms with E-state index in [4.69, 9.17) is 10.6 Å². The molecule has 0 saturated carbocycles. The Morgan fingerprint density at radius 1 is 1.57 bits per heavy atom. The molecule has 1 aromatic carbocycles. The number of anilines is 1. The first-order valence-corrected chi connectivity index (χ1v) is 6.62. The number of rotatable bonds is 5. The van der Waals surface area contributed by atoms with Crippen molar-refractivity contribution in [2.24, 2.45) is 5.84 Å². The van der Waals surface area contributed by atoms with Crippen LogP contribution < -0.4 is 16.6 Å². The van der Waals surface area contributed by atoms with E-state index in [0.717, 1.165) is 12.8 Å². The van der Waals surface area contributed by atoms with Crippen molar-refractivity contribution < 1.29 is 14.5 Å². The van der Waals surface area contributed by atoms with Crippen molar-refractivity contribution in [1.82, 2.24) is 5.32 Å². The van der Waals surface area contributed by atoms with E-state index in [1.807, 2.05) is 6.92 Å². The Bertz CT molecular complexity index is 555. The van der Waals surface area contributed by atoms with Gasteiger partial charge in [-0.1, -0.05) is 0 Å². The van der Waals surface area contributed by atoms with Gasteiger partial charge < -0.3 is 15.5 Å². The highest BCUT2D eigenvalue weighted by Gasteiger charge is 2.30. The summed E-state index contributed by atoms with van der Waals surface area (Å²) in [4.78, 5) is 22.5. The van der Waals surface area contributed by atoms with Gasteiger partial charge in [0.25, 0.3) is 11.6 Å². The van der Waals surface area contributed by atoms with Crippen LogP contribution in [-0.2, 0) is 4.74 Å². The lowest BCUT2D eigenvalue weighted by molar-refractivity contribution is -0.384. The standard InChI is InChI=1S/C13H18N4O4/c1-13(5-2-6-21-13)8-15-12(18)10-7-9(17(19)20)3-4-11(10)16-14/h3-4,7,16H,2,5-6,8,14H2,1H3,(H,15,18). The van der Waals surface area contributed by atoms with E-state index in [9.17, 15) is 14.9 Å². The highest BCUT2D eigenvalue weighted by molar-refractivity contribution is 6.00. The van der Waals surface area contributed by atoms with Crippen LogP contribution in [0.1, 0.15) is 30.1 Å². The number of hydrazine groups is 1. The van der Waals surface area contributed by atoms with Crippen LogP contribution in [0.3, 0.4) is 0 Å². The smallest absolute Gasteiger partial charge is 0.270 e. The number of nitro benzene ring substituents is 1. The number of nitrogens with one attached hydrogen (secondary N) is 2.